The summed E-state index contributed by atoms with van der Waals surface area (Å²) in [6.07, 6.45) is -1.76. The van der Waals surface area contributed by atoms with Crippen molar-refractivity contribution >= 4 is 49.0 Å². The van der Waals surface area contributed by atoms with Crippen molar-refractivity contribution in [2.75, 3.05) is 7.11 Å². The van der Waals surface area contributed by atoms with Gasteiger partial charge in [0.15, 0.2) is 5.70 Å². The van der Waals surface area contributed by atoms with E-state index in [2.05, 4.69) is 31.9 Å². The smallest absolute Gasteiger partial charge is 0.496 e. The van der Waals surface area contributed by atoms with Crippen LogP contribution < -0.4 is 4.74 Å². The molecule has 0 radical (unpaired) electrons. The summed E-state index contributed by atoms with van der Waals surface area (Å²) in [5, 5.41) is 0. The highest BCUT2D eigenvalue weighted by Gasteiger charge is 2.54. The minimum absolute atomic E-state index is 0.119. The number of methoxy groups -OCH3 is 1. The van der Waals surface area contributed by atoms with E-state index in [4.69, 9.17) is 4.74 Å². The molecular weight excluding hydrogens is 514 g/mol. The second kappa shape index (κ2) is 6.31. The lowest BCUT2D eigenvalue weighted by Crippen LogP contribution is -2.50. The summed E-state index contributed by atoms with van der Waals surface area (Å²) in [4.78, 5) is 0. The van der Waals surface area contributed by atoms with Crippen LogP contribution in [0.25, 0.3) is 5.57 Å². The van der Waals surface area contributed by atoms with Gasteiger partial charge < -0.3 is 22.3 Å². The van der Waals surface area contributed by atoms with E-state index >= 15 is 8.63 Å². The Kier molecular flexibility index (Phi) is 4.38. The third-order valence-corrected chi connectivity index (χ3v) is 5.96. The van der Waals surface area contributed by atoms with Crippen LogP contribution in [-0.2, 0) is 6.18 Å². The second-order valence-electron chi connectivity index (χ2n) is 6.20. The number of nitrogens with zero attached hydrogens (tertiary/aromatic N) is 2. The fourth-order valence-corrected chi connectivity index (χ4v) is 4.65. The molecule has 0 saturated heterocycles. The second-order valence-corrected chi connectivity index (χ2v) is 7.82. The quantitative estimate of drug-likeness (QED) is 0.367. The van der Waals surface area contributed by atoms with Crippen LogP contribution in [-0.4, -0.2) is 27.7 Å². The predicted octanol–water partition coefficient (Wildman–Crippen LogP) is 5.65. The van der Waals surface area contributed by atoms with Gasteiger partial charge in [-0.2, -0.15) is 13.2 Å². The molecule has 28 heavy (non-hydrogen) atoms. The van der Waals surface area contributed by atoms with E-state index in [1.54, 1.807) is 0 Å². The maximum absolute atomic E-state index is 15.2. The molecule has 0 spiro atoms. The highest BCUT2D eigenvalue weighted by molar-refractivity contribution is 9.18. The first-order chi connectivity index (χ1) is 13.1. The number of halogens is 7. The highest BCUT2D eigenvalue weighted by Crippen LogP contribution is 2.44. The molecule has 0 fully saturated rings. The molecule has 0 aliphatic carbocycles. The maximum Gasteiger partial charge on any atom is 0.738 e. The molecule has 0 bridgehead atoms. The van der Waals surface area contributed by atoms with Gasteiger partial charge in [0.25, 0.3) is 0 Å². The summed E-state index contributed by atoms with van der Waals surface area (Å²) >= 11 is 6.24. The van der Waals surface area contributed by atoms with Crippen LogP contribution in [0.3, 0.4) is 0 Å². The number of alkyl halides is 3. The van der Waals surface area contributed by atoms with Crippen molar-refractivity contribution in [3.8, 4) is 5.75 Å². The molecule has 0 atom stereocenters. The number of hydrogen-bond donors (Lipinski definition) is 0. The molecule has 2 aliphatic heterocycles. The molecule has 0 unspecified atom stereocenters. The van der Waals surface area contributed by atoms with Gasteiger partial charge in [-0.05, 0) is 45.8 Å². The van der Waals surface area contributed by atoms with Gasteiger partial charge in [0.1, 0.15) is 5.75 Å². The number of rotatable bonds is 2. The first-order valence-electron chi connectivity index (χ1n) is 7.96. The standard InChI is InChI=1S/C17H10BBr2F5N2O/c1-28-13-5-2-9(8-10(13)17(21,22)23)16-11-3-6-14(19)26(11)18(24,25)27-12(16)4-7-15(27)20/h2-8H,1H3. The lowest BCUT2D eigenvalue weighted by atomic mass is 9.86. The number of allylic oxidation sites excluding steroid dienone is 2. The van der Waals surface area contributed by atoms with Gasteiger partial charge in [0, 0.05) is 33.8 Å². The Morgan fingerprint density at radius 3 is 2.43 bits per heavy atom. The summed E-state index contributed by atoms with van der Waals surface area (Å²) in [5.41, 5.74) is -0.325. The third-order valence-electron chi connectivity index (χ3n) is 4.66. The van der Waals surface area contributed by atoms with Gasteiger partial charge >= 0.3 is 13.1 Å². The number of hydrogen-bond acceptors (Lipinski definition) is 1. The topological polar surface area (TPSA) is 17.2 Å². The number of benzene rings is 1. The lowest BCUT2D eigenvalue weighted by molar-refractivity contribution is -0.358. The number of fused-ring (bicyclic) bond motifs is 2. The normalized spacial score (nSPS) is 17.9. The average Bonchev–Trinajstić information content (AvgIpc) is 3.19. The van der Waals surface area contributed by atoms with Crippen molar-refractivity contribution in [3.63, 3.8) is 0 Å². The van der Waals surface area contributed by atoms with Crippen LogP contribution in [0.2, 0.25) is 0 Å². The van der Waals surface area contributed by atoms with Crippen molar-refractivity contribution < 1.29 is 31.0 Å². The molecule has 0 amide bonds. The first kappa shape index (κ1) is 19.4. The van der Waals surface area contributed by atoms with E-state index < -0.39 is 18.7 Å². The molecule has 146 valence electrons. The zero-order valence-electron chi connectivity index (χ0n) is 14.1. The zero-order chi connectivity index (χ0) is 20.4. The summed E-state index contributed by atoms with van der Waals surface area (Å²) < 4.78 is 77.4. The molecule has 1 aromatic carbocycles. The molecule has 11 heteroatoms. The van der Waals surface area contributed by atoms with E-state index in [1.807, 2.05) is 0 Å². The van der Waals surface area contributed by atoms with Crippen molar-refractivity contribution in [2.24, 2.45) is 0 Å². The molecular formula is C17H10BBr2F5N2O. The Morgan fingerprint density at radius 2 is 1.79 bits per heavy atom. The van der Waals surface area contributed by atoms with E-state index in [0.717, 1.165) is 22.1 Å². The van der Waals surface area contributed by atoms with E-state index in [0.29, 0.717) is 0 Å². The SMILES string of the molecule is COc1ccc(C2=C3C=CC(Br)=[N+]3[B-](F)(F)n3c(Br)ccc32)cc1C(F)(F)F. The summed E-state index contributed by atoms with van der Waals surface area (Å²) in [6, 6.07) is 6.43. The molecule has 1 aromatic heterocycles. The van der Waals surface area contributed by atoms with Crippen LogP contribution in [0.1, 0.15) is 16.8 Å². The summed E-state index contributed by atoms with van der Waals surface area (Å²) in [5.74, 6) is -0.338. The molecule has 3 heterocycles. The average molecular weight is 524 g/mol. The van der Waals surface area contributed by atoms with Crippen molar-refractivity contribution in [1.82, 2.24) is 4.48 Å². The van der Waals surface area contributed by atoms with Gasteiger partial charge in [0.2, 0.25) is 4.62 Å². The molecule has 2 aliphatic rings. The first-order valence-corrected chi connectivity index (χ1v) is 9.55. The van der Waals surface area contributed by atoms with Gasteiger partial charge in [-0.15, -0.1) is 0 Å². The molecule has 3 nitrogen and oxygen atoms in total. The largest absolute Gasteiger partial charge is 0.738 e. The van der Waals surface area contributed by atoms with Gasteiger partial charge in [-0.1, -0.05) is 6.07 Å². The fraction of sp³-hybridized carbons (Fsp3) is 0.118. The molecule has 0 saturated carbocycles. The Hall–Kier alpha value is -1.88. The van der Waals surface area contributed by atoms with Gasteiger partial charge in [-0.3, -0.25) is 0 Å². The molecule has 4 rings (SSSR count). The fourth-order valence-electron chi connectivity index (χ4n) is 3.51. The Bertz CT molecular complexity index is 1100. The molecule has 2 aromatic rings. The van der Waals surface area contributed by atoms with E-state index in [9.17, 15) is 13.2 Å². The summed E-state index contributed by atoms with van der Waals surface area (Å²) in [7, 11) is 1.14. The van der Waals surface area contributed by atoms with Crippen LogP contribution >= 0.6 is 31.9 Å². The lowest BCUT2D eigenvalue weighted by Gasteiger charge is -2.32. The van der Waals surface area contributed by atoms with Crippen LogP contribution in [0.5, 0.6) is 5.75 Å². The van der Waals surface area contributed by atoms with Gasteiger partial charge in [0.05, 0.1) is 22.8 Å². The maximum atomic E-state index is 15.2. The zero-order valence-corrected chi connectivity index (χ0v) is 17.2. The van der Waals surface area contributed by atoms with E-state index in [1.165, 1.54) is 36.4 Å². The minimum atomic E-state index is -4.66. The van der Waals surface area contributed by atoms with Crippen molar-refractivity contribution in [3.05, 3.63) is 69.6 Å². The Balaban J connectivity index is 2.05. The summed E-state index contributed by atoms with van der Waals surface area (Å²) in [6.45, 7) is -4.24. The predicted molar refractivity (Wildman–Crippen MR) is 103 cm³/mol. The van der Waals surface area contributed by atoms with E-state index in [-0.39, 0.29) is 37.5 Å². The Labute approximate surface area is 173 Å². The highest BCUT2D eigenvalue weighted by atomic mass is 79.9. The minimum Gasteiger partial charge on any atom is -0.496 e. The number of ether oxygens (including phenoxy) is 1. The van der Waals surface area contributed by atoms with Crippen molar-refractivity contribution in [2.45, 2.75) is 6.18 Å². The van der Waals surface area contributed by atoms with Crippen LogP contribution in [0, 0.1) is 0 Å². The van der Waals surface area contributed by atoms with Crippen molar-refractivity contribution in [1.29, 1.82) is 0 Å². The van der Waals surface area contributed by atoms with Crippen LogP contribution in [0.15, 0.2) is 52.8 Å². The van der Waals surface area contributed by atoms with Crippen LogP contribution in [0.4, 0.5) is 21.8 Å². The monoisotopic (exact) mass is 522 g/mol. The third kappa shape index (κ3) is 2.70. The Morgan fingerprint density at radius 1 is 1.07 bits per heavy atom. The number of aromatic nitrogens is 1. The van der Waals surface area contributed by atoms with Gasteiger partial charge in [-0.25, -0.2) is 0 Å². The molecule has 0 N–H and O–H groups in total.